The Balaban J connectivity index is 1.10. The van der Waals surface area contributed by atoms with Crippen LogP contribution in [0, 0.1) is 11.8 Å². The lowest BCUT2D eigenvalue weighted by Crippen LogP contribution is -2.61. The van der Waals surface area contributed by atoms with Gasteiger partial charge in [-0.05, 0) is 55.0 Å². The van der Waals surface area contributed by atoms with Crippen molar-refractivity contribution < 1.29 is 87.9 Å². The third kappa shape index (κ3) is 17.6. The highest BCUT2D eigenvalue weighted by molar-refractivity contribution is 6.29. The van der Waals surface area contributed by atoms with Crippen LogP contribution in [-0.4, -0.2) is 180 Å². The fraction of sp³-hybridized carbons (Fsp3) is 0.426. The van der Waals surface area contributed by atoms with E-state index in [9.17, 15) is 87.9 Å². The number of carboxylic acids is 2. The van der Waals surface area contributed by atoms with Crippen LogP contribution in [0.2, 0.25) is 0 Å². The summed E-state index contributed by atoms with van der Waals surface area (Å²) in [5.74, 6) is -13.5. The largest absolute Gasteiger partial charge is 0.481 e. The van der Waals surface area contributed by atoms with E-state index in [2.05, 4.69) is 48.1 Å². The van der Waals surface area contributed by atoms with Crippen molar-refractivity contribution in [2.45, 2.75) is 142 Å². The summed E-state index contributed by atoms with van der Waals surface area (Å²) in [5.41, 5.74) is 6.47. The summed E-state index contributed by atoms with van der Waals surface area (Å²) in [7, 11) is 0. The first-order valence-corrected chi connectivity index (χ1v) is 29.0. The molecule has 0 aliphatic carbocycles. The van der Waals surface area contributed by atoms with Gasteiger partial charge in [-0.2, -0.15) is 0 Å². The van der Waals surface area contributed by atoms with Crippen LogP contribution in [0.3, 0.4) is 0 Å². The van der Waals surface area contributed by atoms with E-state index in [4.69, 9.17) is 0 Å². The first-order chi connectivity index (χ1) is 42.5. The third-order valence-corrected chi connectivity index (χ3v) is 15.0. The van der Waals surface area contributed by atoms with Crippen molar-refractivity contribution in [3.8, 4) is 0 Å². The number of carbonyl (C=O) groups is 13. The summed E-state index contributed by atoms with van der Waals surface area (Å²) in [6, 6.07) is 12.3. The molecule has 0 saturated carbocycles. The predicted molar refractivity (Wildman–Crippen MR) is 318 cm³/mol. The smallest absolute Gasteiger partial charge is 0.326 e. The number of carboxylic acid groups (broad SMARTS) is 2. The van der Waals surface area contributed by atoms with Crippen LogP contribution in [-0.2, 0) is 60.8 Å². The standard InChI is InChI=1S/C61H75N11O18/c1-8-35(73)25-42(55(82)68-50(30(4)5)61(89)90)69-70-43(24-34-17-13-10-14-18-34)66-52(79)32(7)63-45(75)28-72-58(85)38-21-19-36-47-37(20-22-39(48(38)47)59(72)86)57(84)71(56(36)83)27-44(74)62-31(6)51(78)64-40(23-33-15-11-9-12-16-33)53(80)65-41(26-46(76)77)54(81)67-49(29(2)3)60(87)88/h9-22,29-32,40-43,49-50,56,60,69-70,83,87-88H,8,23-28H2,1-7H3,(H,62,74)(H,63,75)(H,64,78)(H,65,80)(H,66,79)(H,67,81)(H,68,82)(H,76,77)(H,89,90). The zero-order valence-corrected chi connectivity index (χ0v) is 50.4. The van der Waals surface area contributed by atoms with Gasteiger partial charge in [0.1, 0.15) is 55.1 Å². The molecule has 9 unspecified atom stereocenters. The number of ketones is 1. The topological polar surface area (TPSA) is 438 Å². The molecule has 482 valence electrons. The number of amides is 10. The molecule has 2 aliphatic rings. The number of carbonyl (C=O) groups excluding carboxylic acids is 11. The molecule has 2 heterocycles. The number of hydrogen-bond acceptors (Lipinski definition) is 18. The van der Waals surface area contributed by atoms with E-state index in [1.54, 1.807) is 95.3 Å². The predicted octanol–water partition coefficient (Wildman–Crippen LogP) is -1.23. The van der Waals surface area contributed by atoms with Crippen molar-refractivity contribution >= 4 is 87.6 Å². The minimum absolute atomic E-state index is 0.00813. The van der Waals surface area contributed by atoms with Crippen molar-refractivity contribution in [1.29, 1.82) is 0 Å². The molecule has 14 N–H and O–H groups in total. The zero-order chi connectivity index (χ0) is 66.4. The molecule has 4 aromatic carbocycles. The normalized spacial score (nSPS) is 16.2. The molecule has 0 aromatic heterocycles. The molecule has 4 aromatic rings. The van der Waals surface area contributed by atoms with Gasteiger partial charge in [-0.15, -0.1) is 0 Å². The highest BCUT2D eigenvalue weighted by Crippen LogP contribution is 2.41. The number of aliphatic hydroxyl groups excluding tert-OH is 2. The summed E-state index contributed by atoms with van der Waals surface area (Å²) in [5, 5.41) is 67.8. The van der Waals surface area contributed by atoms with Crippen molar-refractivity contribution in [3.63, 3.8) is 0 Å². The number of aliphatic hydroxyl groups is 3. The molecule has 0 radical (unpaired) electrons. The molecule has 29 nitrogen and oxygen atoms in total. The highest BCUT2D eigenvalue weighted by Gasteiger charge is 2.42. The number of benzene rings is 4. The van der Waals surface area contributed by atoms with E-state index in [1.165, 1.54) is 38.1 Å². The average Bonchev–Trinajstić information content (AvgIpc) is 0.718. The number of Topliss-reactive ketones (excluding diaryl/α,β-unsaturated/α-hetero) is 1. The lowest BCUT2D eigenvalue weighted by atomic mass is 9.85. The van der Waals surface area contributed by atoms with Crippen LogP contribution < -0.4 is 48.1 Å². The number of hydrazine groups is 1. The van der Waals surface area contributed by atoms with E-state index in [0.29, 0.717) is 16.0 Å². The van der Waals surface area contributed by atoms with Crippen LogP contribution in [0.1, 0.15) is 122 Å². The first kappa shape index (κ1) is 69.5. The van der Waals surface area contributed by atoms with Crippen LogP contribution >= 0.6 is 0 Å². The Bertz CT molecular complexity index is 3370. The Morgan fingerprint density at radius 1 is 0.511 bits per heavy atom. The van der Waals surface area contributed by atoms with Crippen LogP contribution in [0.5, 0.6) is 0 Å². The van der Waals surface area contributed by atoms with Gasteiger partial charge in [0.05, 0.1) is 18.6 Å². The lowest BCUT2D eigenvalue weighted by Gasteiger charge is -2.35. The Hall–Kier alpha value is -9.55. The van der Waals surface area contributed by atoms with Gasteiger partial charge in [0, 0.05) is 58.7 Å². The molecule has 2 aliphatic heterocycles. The Kier molecular flexibility index (Phi) is 24.0. The summed E-state index contributed by atoms with van der Waals surface area (Å²) < 4.78 is 0. The van der Waals surface area contributed by atoms with E-state index in [-0.39, 0.29) is 64.5 Å². The summed E-state index contributed by atoms with van der Waals surface area (Å²) in [6.45, 7) is 8.78. The van der Waals surface area contributed by atoms with E-state index in [1.807, 2.05) is 0 Å². The van der Waals surface area contributed by atoms with Gasteiger partial charge >= 0.3 is 11.9 Å². The number of hydrogen-bond donors (Lipinski definition) is 14. The van der Waals surface area contributed by atoms with Crippen LogP contribution in [0.15, 0.2) is 84.9 Å². The van der Waals surface area contributed by atoms with Gasteiger partial charge in [-0.25, -0.2) is 15.6 Å². The fourth-order valence-corrected chi connectivity index (χ4v) is 10.1. The molecule has 90 heavy (non-hydrogen) atoms. The van der Waals surface area contributed by atoms with Crippen LogP contribution in [0.25, 0.3) is 10.8 Å². The van der Waals surface area contributed by atoms with Crippen molar-refractivity contribution in [2.75, 3.05) is 13.1 Å². The molecule has 9 atom stereocenters. The Morgan fingerprint density at radius 3 is 1.53 bits per heavy atom. The molecular formula is C61H75N11O18. The second-order valence-electron chi connectivity index (χ2n) is 22.6. The number of imide groups is 1. The molecule has 10 amide bonds. The summed E-state index contributed by atoms with van der Waals surface area (Å²) in [4.78, 5) is 175. The minimum atomic E-state index is -2.03. The third-order valence-electron chi connectivity index (χ3n) is 15.0. The number of nitrogens with zero attached hydrogens (tertiary/aromatic N) is 2. The molecular weight excluding hydrogens is 1170 g/mol. The summed E-state index contributed by atoms with van der Waals surface area (Å²) in [6.07, 6.45) is -6.19. The molecule has 0 saturated heterocycles. The number of nitrogens with one attached hydrogen (secondary N) is 9. The number of rotatable bonds is 32. The van der Waals surface area contributed by atoms with Gasteiger partial charge in [0.25, 0.3) is 17.7 Å². The zero-order valence-electron chi connectivity index (χ0n) is 50.4. The molecule has 0 fully saturated rings. The maximum absolute atomic E-state index is 14.2. The van der Waals surface area contributed by atoms with Gasteiger partial charge in [-0.1, -0.05) is 101 Å². The maximum Gasteiger partial charge on any atom is 0.326 e. The fourth-order valence-electron chi connectivity index (χ4n) is 10.1. The SMILES string of the molecule is CCC(=O)CC(NNC(Cc1ccccc1)NC(=O)C(C)NC(=O)CN1C(=O)c2ccc3c4c(ccc(c24)C1=O)C(O)N(CC(=O)NC(C)C(=O)NC(Cc1ccccc1)C(=O)NC(CC(=O)O)C(=O)NC(C(C)C)C(O)O)C3=O)C(=O)NC(C(=O)O)C(C)C. The highest BCUT2D eigenvalue weighted by atomic mass is 16.5. The van der Waals surface area contributed by atoms with Crippen LogP contribution in [0.4, 0.5) is 0 Å². The Morgan fingerprint density at radius 2 is 1.01 bits per heavy atom. The quantitative estimate of drug-likeness (QED) is 0.0155. The van der Waals surface area contributed by atoms with Crippen molar-refractivity contribution in [2.24, 2.45) is 11.8 Å². The molecule has 29 heteroatoms. The van der Waals surface area contributed by atoms with Crippen molar-refractivity contribution in [1.82, 2.24) is 57.9 Å². The van der Waals surface area contributed by atoms with E-state index < -0.39 is 163 Å². The maximum atomic E-state index is 14.2. The number of aliphatic carboxylic acids is 2. The van der Waals surface area contributed by atoms with E-state index in [0.717, 1.165) is 4.90 Å². The average molecular weight is 1250 g/mol. The summed E-state index contributed by atoms with van der Waals surface area (Å²) >= 11 is 0. The second kappa shape index (κ2) is 31.1. The first-order valence-electron chi connectivity index (χ1n) is 29.0. The second-order valence-corrected chi connectivity index (χ2v) is 22.6. The molecule has 6 rings (SSSR count). The van der Waals surface area contributed by atoms with Gasteiger partial charge in [0.2, 0.25) is 41.4 Å². The molecule has 0 bridgehead atoms. The van der Waals surface area contributed by atoms with Crippen molar-refractivity contribution in [3.05, 3.63) is 118 Å². The van der Waals surface area contributed by atoms with E-state index >= 15 is 0 Å². The Labute approximate surface area is 516 Å². The van der Waals surface area contributed by atoms with Gasteiger partial charge < -0.3 is 62.8 Å². The van der Waals surface area contributed by atoms with Gasteiger partial charge in [-0.3, -0.25) is 67.3 Å². The lowest BCUT2D eigenvalue weighted by molar-refractivity contribution is -0.143. The molecule has 0 spiro atoms. The minimum Gasteiger partial charge on any atom is -0.481 e. The van der Waals surface area contributed by atoms with Gasteiger partial charge in [0.15, 0.2) is 12.5 Å². The monoisotopic (exact) mass is 1250 g/mol.